The Bertz CT molecular complexity index is 1170. The van der Waals surface area contributed by atoms with E-state index in [4.69, 9.17) is 28.9 Å². The van der Waals surface area contributed by atoms with Gasteiger partial charge in [0.15, 0.2) is 9.84 Å². The minimum Gasteiger partial charge on any atom is -0.365 e. The number of nitrogens with one attached hydrogen (secondary N) is 1. The average Bonchev–Trinajstić information content (AvgIpc) is 2.61. The van der Waals surface area contributed by atoms with Gasteiger partial charge in [0.25, 0.3) is 5.91 Å². The van der Waals surface area contributed by atoms with Gasteiger partial charge in [0, 0.05) is 17.8 Å². The van der Waals surface area contributed by atoms with Crippen LogP contribution in [0.4, 0.5) is 11.4 Å². The molecule has 0 atom stereocenters. The number of primary amides is 1. The van der Waals surface area contributed by atoms with E-state index in [2.05, 4.69) is 15.3 Å². The largest absolute Gasteiger partial charge is 0.365 e. The van der Waals surface area contributed by atoms with Crippen LogP contribution in [-0.2, 0) is 9.84 Å². The second kappa shape index (κ2) is 7.30. The molecule has 3 rings (SSSR count). The number of nitrogens with zero attached hydrogens (tertiary/aromatic N) is 2. The number of fused-ring (bicyclic) bond motifs is 1. The van der Waals surface area contributed by atoms with Crippen molar-refractivity contribution in [1.82, 2.24) is 9.97 Å². The molecular weight excluding hydrogens is 411 g/mol. The van der Waals surface area contributed by atoms with E-state index in [0.717, 1.165) is 0 Å². The van der Waals surface area contributed by atoms with E-state index in [9.17, 15) is 13.2 Å². The van der Waals surface area contributed by atoms with Gasteiger partial charge in [-0.3, -0.25) is 14.8 Å². The summed E-state index contributed by atoms with van der Waals surface area (Å²) in [7, 11) is -3.53. The quantitative estimate of drug-likeness (QED) is 0.646. The van der Waals surface area contributed by atoms with Crippen LogP contribution in [0.1, 0.15) is 17.3 Å². The molecule has 0 unspecified atom stereocenters. The van der Waals surface area contributed by atoms with Crippen molar-refractivity contribution in [3.63, 3.8) is 0 Å². The molecule has 0 radical (unpaired) electrons. The Hall–Kier alpha value is -2.42. The molecule has 140 valence electrons. The van der Waals surface area contributed by atoms with E-state index in [1.807, 2.05) is 0 Å². The number of hydrogen-bond donors (Lipinski definition) is 2. The summed E-state index contributed by atoms with van der Waals surface area (Å²) in [4.78, 5) is 20.1. The number of anilines is 2. The Morgan fingerprint density at radius 3 is 2.56 bits per heavy atom. The van der Waals surface area contributed by atoms with Crippen molar-refractivity contribution in [1.29, 1.82) is 0 Å². The number of carbonyl (C=O) groups is 1. The molecule has 0 saturated carbocycles. The third-order valence-electron chi connectivity index (χ3n) is 3.88. The van der Waals surface area contributed by atoms with Crippen molar-refractivity contribution < 1.29 is 13.2 Å². The van der Waals surface area contributed by atoms with E-state index < -0.39 is 15.7 Å². The average molecular weight is 425 g/mol. The fourth-order valence-corrected chi connectivity index (χ4v) is 3.96. The van der Waals surface area contributed by atoms with Gasteiger partial charge in [0.05, 0.1) is 49.3 Å². The number of rotatable bonds is 5. The van der Waals surface area contributed by atoms with Gasteiger partial charge in [-0.25, -0.2) is 8.42 Å². The highest BCUT2D eigenvalue weighted by Gasteiger charge is 2.20. The molecule has 3 N–H and O–H groups in total. The Morgan fingerprint density at radius 1 is 1.19 bits per heavy atom. The maximum atomic E-state index is 12.3. The van der Waals surface area contributed by atoms with Crippen LogP contribution in [0.5, 0.6) is 0 Å². The minimum atomic E-state index is -3.53. The van der Waals surface area contributed by atoms with E-state index in [-0.39, 0.29) is 26.9 Å². The normalized spacial score (nSPS) is 11.5. The smallest absolute Gasteiger partial charge is 0.252 e. The first-order chi connectivity index (χ1) is 12.7. The van der Waals surface area contributed by atoms with Crippen LogP contribution >= 0.6 is 23.2 Å². The topological polar surface area (TPSA) is 115 Å². The molecule has 7 nitrogen and oxygen atoms in total. The number of amides is 1. The lowest BCUT2D eigenvalue weighted by molar-refractivity contribution is 0.100. The van der Waals surface area contributed by atoms with Crippen LogP contribution in [0.2, 0.25) is 10.0 Å². The predicted molar refractivity (Wildman–Crippen MR) is 106 cm³/mol. The highest BCUT2D eigenvalue weighted by Crippen LogP contribution is 2.35. The maximum absolute atomic E-state index is 12.3. The zero-order chi connectivity index (χ0) is 19.8. The van der Waals surface area contributed by atoms with Gasteiger partial charge in [-0.05, 0) is 18.2 Å². The molecule has 0 aliphatic rings. The van der Waals surface area contributed by atoms with Crippen LogP contribution in [0.15, 0.2) is 41.7 Å². The van der Waals surface area contributed by atoms with Crippen LogP contribution in [0, 0.1) is 0 Å². The Morgan fingerprint density at radius 2 is 1.93 bits per heavy atom. The van der Waals surface area contributed by atoms with Crippen LogP contribution < -0.4 is 11.1 Å². The van der Waals surface area contributed by atoms with Gasteiger partial charge in [0.2, 0.25) is 0 Å². The lowest BCUT2D eigenvalue weighted by Gasteiger charge is -2.15. The maximum Gasteiger partial charge on any atom is 0.252 e. The number of carbonyl (C=O) groups excluding carboxylic acids is 1. The summed E-state index contributed by atoms with van der Waals surface area (Å²) in [5.74, 6) is -0.833. The summed E-state index contributed by atoms with van der Waals surface area (Å²) < 4.78 is 24.6. The minimum absolute atomic E-state index is 0.0261. The standard InChI is InChI=1S/C17H14Cl2N4O3S/c1-2-27(25,26)11-4-12-15(23-10-3-9(18)6-21-7-10)13(17(20)24)8-22-16(12)14(19)5-11/h3-8H,2H2,1H3,(H2,20,24)(H,22,23). The molecule has 27 heavy (non-hydrogen) atoms. The first kappa shape index (κ1) is 19.3. The van der Waals surface area contributed by atoms with Crippen molar-refractivity contribution in [3.8, 4) is 0 Å². The van der Waals surface area contributed by atoms with E-state index in [1.165, 1.54) is 37.6 Å². The van der Waals surface area contributed by atoms with Gasteiger partial charge in [-0.15, -0.1) is 0 Å². The van der Waals surface area contributed by atoms with Crippen molar-refractivity contribution >= 4 is 61.2 Å². The number of halogens is 2. The lowest BCUT2D eigenvalue weighted by atomic mass is 10.1. The second-order valence-corrected chi connectivity index (χ2v) is 8.75. The Kier molecular flexibility index (Phi) is 5.23. The fourth-order valence-electron chi connectivity index (χ4n) is 2.53. The number of hydrogen-bond acceptors (Lipinski definition) is 6. The zero-order valence-corrected chi connectivity index (χ0v) is 16.4. The van der Waals surface area contributed by atoms with Gasteiger partial charge in [-0.1, -0.05) is 30.1 Å². The highest BCUT2D eigenvalue weighted by molar-refractivity contribution is 7.91. The third-order valence-corrected chi connectivity index (χ3v) is 6.09. The lowest BCUT2D eigenvalue weighted by Crippen LogP contribution is -2.14. The van der Waals surface area contributed by atoms with Gasteiger partial charge in [-0.2, -0.15) is 0 Å². The Balaban J connectivity index is 2.33. The third kappa shape index (κ3) is 3.83. The van der Waals surface area contributed by atoms with E-state index >= 15 is 0 Å². The van der Waals surface area contributed by atoms with E-state index in [0.29, 0.717) is 21.6 Å². The summed E-state index contributed by atoms with van der Waals surface area (Å²) in [5.41, 5.74) is 6.62. The number of pyridine rings is 2. The highest BCUT2D eigenvalue weighted by atomic mass is 35.5. The monoisotopic (exact) mass is 424 g/mol. The molecule has 0 bridgehead atoms. The predicted octanol–water partition coefficient (Wildman–Crippen LogP) is 3.57. The van der Waals surface area contributed by atoms with Gasteiger partial charge in [0.1, 0.15) is 0 Å². The molecule has 0 aliphatic carbocycles. The molecule has 0 fully saturated rings. The molecule has 2 heterocycles. The molecular formula is C17H14Cl2N4O3S. The molecule has 3 aromatic rings. The summed E-state index contributed by atoms with van der Waals surface area (Å²) in [6, 6.07) is 4.35. The van der Waals surface area contributed by atoms with Crippen molar-refractivity contribution in [2.75, 3.05) is 11.1 Å². The van der Waals surface area contributed by atoms with Gasteiger partial charge >= 0.3 is 0 Å². The fraction of sp³-hybridized carbons (Fsp3) is 0.118. The molecule has 10 heteroatoms. The van der Waals surface area contributed by atoms with Gasteiger partial charge < -0.3 is 11.1 Å². The zero-order valence-electron chi connectivity index (χ0n) is 14.0. The van der Waals surface area contributed by atoms with Crippen molar-refractivity contribution in [2.45, 2.75) is 11.8 Å². The molecule has 0 aliphatic heterocycles. The Labute approximate surface area is 165 Å². The first-order valence-corrected chi connectivity index (χ1v) is 10.2. The SMILES string of the molecule is CCS(=O)(=O)c1cc(Cl)c2ncc(C(N)=O)c(Nc3cncc(Cl)c3)c2c1. The molecule has 1 aromatic carbocycles. The van der Waals surface area contributed by atoms with E-state index in [1.54, 1.807) is 6.07 Å². The number of aromatic nitrogens is 2. The molecule has 2 aromatic heterocycles. The molecule has 1 amide bonds. The van der Waals surface area contributed by atoms with Crippen molar-refractivity contribution in [3.05, 3.63) is 52.4 Å². The number of sulfone groups is 1. The molecule has 0 saturated heterocycles. The summed E-state index contributed by atoms with van der Waals surface area (Å²) in [6.07, 6.45) is 4.23. The molecule has 0 spiro atoms. The summed E-state index contributed by atoms with van der Waals surface area (Å²) in [5, 5.41) is 3.88. The summed E-state index contributed by atoms with van der Waals surface area (Å²) in [6.45, 7) is 1.53. The van der Waals surface area contributed by atoms with Crippen LogP contribution in [0.3, 0.4) is 0 Å². The van der Waals surface area contributed by atoms with Crippen LogP contribution in [-0.4, -0.2) is 30.0 Å². The van der Waals surface area contributed by atoms with Crippen LogP contribution in [0.25, 0.3) is 10.9 Å². The summed E-state index contributed by atoms with van der Waals surface area (Å²) >= 11 is 12.2. The second-order valence-electron chi connectivity index (χ2n) is 5.63. The number of nitrogens with two attached hydrogens (primary N) is 1. The van der Waals surface area contributed by atoms with Crippen molar-refractivity contribution in [2.24, 2.45) is 5.73 Å². The number of benzene rings is 1. The first-order valence-electron chi connectivity index (χ1n) is 7.75.